The van der Waals surface area contributed by atoms with Crippen molar-refractivity contribution in [1.82, 2.24) is 25.6 Å². The van der Waals surface area contributed by atoms with Gasteiger partial charge >= 0.3 is 6.03 Å². The first-order valence-corrected chi connectivity index (χ1v) is 11.5. The van der Waals surface area contributed by atoms with E-state index in [4.69, 9.17) is 9.72 Å². The van der Waals surface area contributed by atoms with E-state index in [1.54, 1.807) is 18.4 Å². The standard InChI is InChI=1S/C25H23N5O2S/c1-32-17-12-10-16(11-13-17)14-21(24-28-18-6-2-3-7-19(18)29-24)30-25(31)26-15-23-27-20-8-4-5-9-22(20)33-23/h2-13,21H,14-15H2,1H3,(H,28,29)(H2,26,30,31). The summed E-state index contributed by atoms with van der Waals surface area (Å²) in [6.45, 7) is 0.362. The molecule has 0 aliphatic heterocycles. The minimum Gasteiger partial charge on any atom is -0.497 e. The number of carbonyl (C=O) groups is 1. The zero-order valence-electron chi connectivity index (χ0n) is 18.0. The number of fused-ring (bicyclic) bond motifs is 2. The molecule has 2 heterocycles. The lowest BCUT2D eigenvalue weighted by molar-refractivity contribution is 0.236. The van der Waals surface area contributed by atoms with Gasteiger partial charge in [0.2, 0.25) is 0 Å². The van der Waals surface area contributed by atoms with Crippen molar-refractivity contribution in [2.75, 3.05) is 7.11 Å². The van der Waals surface area contributed by atoms with Crippen molar-refractivity contribution >= 4 is 38.6 Å². The molecule has 0 aliphatic carbocycles. The lowest BCUT2D eigenvalue weighted by Gasteiger charge is -2.17. The summed E-state index contributed by atoms with van der Waals surface area (Å²) in [4.78, 5) is 25.5. The second-order valence-electron chi connectivity index (χ2n) is 7.65. The average molecular weight is 458 g/mol. The number of aromatic nitrogens is 3. The molecule has 0 fully saturated rings. The molecule has 5 rings (SSSR count). The molecule has 0 spiro atoms. The number of imidazole rings is 1. The van der Waals surface area contributed by atoms with Crippen LogP contribution in [-0.2, 0) is 13.0 Å². The van der Waals surface area contributed by atoms with Crippen molar-refractivity contribution in [3.8, 4) is 5.75 Å². The zero-order chi connectivity index (χ0) is 22.6. The van der Waals surface area contributed by atoms with E-state index < -0.39 is 0 Å². The molecule has 0 radical (unpaired) electrons. The number of para-hydroxylation sites is 3. The fraction of sp³-hybridized carbons (Fsp3) is 0.160. The molecule has 0 saturated heterocycles. The van der Waals surface area contributed by atoms with Crippen LogP contribution in [-0.4, -0.2) is 28.1 Å². The molecule has 166 valence electrons. The largest absolute Gasteiger partial charge is 0.497 e. The fourth-order valence-corrected chi connectivity index (χ4v) is 4.62. The number of thiazole rings is 1. The summed E-state index contributed by atoms with van der Waals surface area (Å²) in [7, 11) is 1.64. The van der Waals surface area contributed by atoms with Crippen molar-refractivity contribution in [3.63, 3.8) is 0 Å². The maximum Gasteiger partial charge on any atom is 0.315 e. The highest BCUT2D eigenvalue weighted by molar-refractivity contribution is 7.18. The topological polar surface area (TPSA) is 91.9 Å². The number of amides is 2. The molecule has 1 unspecified atom stereocenters. The van der Waals surface area contributed by atoms with E-state index in [0.29, 0.717) is 18.8 Å². The predicted octanol–water partition coefficient (Wildman–Crippen LogP) is 4.96. The minimum absolute atomic E-state index is 0.270. The normalized spacial score (nSPS) is 12.0. The number of ether oxygens (including phenoxy) is 1. The Morgan fingerprint density at radius 1 is 1.00 bits per heavy atom. The summed E-state index contributed by atoms with van der Waals surface area (Å²) in [5, 5.41) is 6.87. The number of nitrogens with zero attached hydrogens (tertiary/aromatic N) is 2. The van der Waals surface area contributed by atoms with Gasteiger partial charge in [-0.1, -0.05) is 36.4 Å². The van der Waals surface area contributed by atoms with E-state index in [1.807, 2.05) is 72.8 Å². The third kappa shape index (κ3) is 4.80. The Hall–Kier alpha value is -3.91. The predicted molar refractivity (Wildman–Crippen MR) is 131 cm³/mol. The number of hydrogen-bond donors (Lipinski definition) is 3. The van der Waals surface area contributed by atoms with Gasteiger partial charge in [-0.3, -0.25) is 0 Å². The zero-order valence-corrected chi connectivity index (χ0v) is 18.9. The molecule has 0 bridgehead atoms. The first-order valence-electron chi connectivity index (χ1n) is 10.6. The molecule has 3 N–H and O–H groups in total. The van der Waals surface area contributed by atoms with E-state index in [1.165, 1.54) is 0 Å². The van der Waals surface area contributed by atoms with E-state index in [0.717, 1.165) is 37.6 Å². The van der Waals surface area contributed by atoms with Gasteiger partial charge in [0.05, 0.1) is 40.9 Å². The second-order valence-corrected chi connectivity index (χ2v) is 8.76. The molecule has 0 saturated carbocycles. The van der Waals surface area contributed by atoms with E-state index in [2.05, 4.69) is 20.6 Å². The molecule has 2 amide bonds. The lowest BCUT2D eigenvalue weighted by atomic mass is 10.1. The number of urea groups is 1. The Morgan fingerprint density at radius 2 is 1.76 bits per heavy atom. The number of aromatic amines is 1. The van der Waals surface area contributed by atoms with Gasteiger partial charge < -0.3 is 20.4 Å². The van der Waals surface area contributed by atoms with Crippen LogP contribution in [0.4, 0.5) is 4.79 Å². The SMILES string of the molecule is COc1ccc(CC(NC(=O)NCc2nc3ccccc3s2)c2nc3ccccc3[nH]2)cc1. The Bertz CT molecular complexity index is 1330. The number of benzene rings is 3. The molecule has 33 heavy (non-hydrogen) atoms. The average Bonchev–Trinajstić information content (AvgIpc) is 3.46. The smallest absolute Gasteiger partial charge is 0.315 e. The van der Waals surface area contributed by atoms with Crippen molar-refractivity contribution in [1.29, 1.82) is 0 Å². The first kappa shape index (κ1) is 21.0. The van der Waals surface area contributed by atoms with Gasteiger partial charge in [0.15, 0.2) is 0 Å². The molecule has 8 heteroatoms. The van der Waals surface area contributed by atoms with Gasteiger partial charge in [-0.05, 0) is 48.4 Å². The van der Waals surface area contributed by atoms with Gasteiger partial charge in [-0.2, -0.15) is 0 Å². The van der Waals surface area contributed by atoms with Gasteiger partial charge in [-0.25, -0.2) is 14.8 Å². The van der Waals surface area contributed by atoms with Crippen molar-refractivity contribution in [2.45, 2.75) is 19.0 Å². The Kier molecular flexibility index (Phi) is 5.91. The van der Waals surface area contributed by atoms with Crippen LogP contribution in [0.2, 0.25) is 0 Å². The van der Waals surface area contributed by atoms with Crippen LogP contribution >= 0.6 is 11.3 Å². The summed E-state index contributed by atoms with van der Waals surface area (Å²) in [5.74, 6) is 1.50. The summed E-state index contributed by atoms with van der Waals surface area (Å²) < 4.78 is 6.36. The molecule has 1 atom stereocenters. The van der Waals surface area contributed by atoms with Gasteiger partial charge in [0.1, 0.15) is 16.6 Å². The van der Waals surface area contributed by atoms with Gasteiger partial charge in [0.25, 0.3) is 0 Å². The van der Waals surface area contributed by atoms with Crippen molar-refractivity contribution in [3.05, 3.63) is 89.2 Å². The molecule has 7 nitrogen and oxygen atoms in total. The summed E-state index contributed by atoms with van der Waals surface area (Å²) in [6.07, 6.45) is 0.582. The van der Waals surface area contributed by atoms with E-state index in [9.17, 15) is 4.79 Å². The number of H-pyrrole nitrogens is 1. The molecule has 0 aliphatic rings. The first-order chi connectivity index (χ1) is 16.2. The highest BCUT2D eigenvalue weighted by atomic mass is 32.1. The summed E-state index contributed by atoms with van der Waals surface area (Å²) in [5.41, 5.74) is 3.81. The van der Waals surface area contributed by atoms with Gasteiger partial charge in [0, 0.05) is 0 Å². The molecule has 3 aromatic carbocycles. The van der Waals surface area contributed by atoms with E-state index >= 15 is 0 Å². The quantitative estimate of drug-likeness (QED) is 0.322. The number of methoxy groups -OCH3 is 1. The third-order valence-electron chi connectivity index (χ3n) is 5.38. The second kappa shape index (κ2) is 9.30. The highest BCUT2D eigenvalue weighted by Crippen LogP contribution is 2.23. The lowest BCUT2D eigenvalue weighted by Crippen LogP contribution is -2.38. The Balaban J connectivity index is 1.32. The summed E-state index contributed by atoms with van der Waals surface area (Å²) in [6, 6.07) is 23.0. The molecule has 5 aromatic rings. The monoisotopic (exact) mass is 457 g/mol. The highest BCUT2D eigenvalue weighted by Gasteiger charge is 2.19. The number of nitrogens with one attached hydrogen (secondary N) is 3. The Morgan fingerprint density at radius 3 is 2.52 bits per heavy atom. The van der Waals surface area contributed by atoms with Crippen molar-refractivity contribution < 1.29 is 9.53 Å². The number of rotatable bonds is 7. The summed E-state index contributed by atoms with van der Waals surface area (Å²) >= 11 is 1.58. The maximum absolute atomic E-state index is 12.8. The molecular weight excluding hydrogens is 434 g/mol. The fourth-order valence-electron chi connectivity index (χ4n) is 3.71. The van der Waals surface area contributed by atoms with Crippen LogP contribution in [0, 0.1) is 0 Å². The van der Waals surface area contributed by atoms with Crippen LogP contribution in [0.15, 0.2) is 72.8 Å². The van der Waals surface area contributed by atoms with Crippen molar-refractivity contribution in [2.24, 2.45) is 0 Å². The minimum atomic E-state index is -0.332. The Labute approximate surface area is 194 Å². The van der Waals surface area contributed by atoms with Crippen LogP contribution < -0.4 is 15.4 Å². The third-order valence-corrected chi connectivity index (χ3v) is 6.42. The van der Waals surface area contributed by atoms with Crippen LogP contribution in [0.3, 0.4) is 0 Å². The maximum atomic E-state index is 12.8. The van der Waals surface area contributed by atoms with Crippen LogP contribution in [0.5, 0.6) is 5.75 Å². The van der Waals surface area contributed by atoms with Crippen LogP contribution in [0.1, 0.15) is 22.4 Å². The molecular formula is C25H23N5O2S. The van der Waals surface area contributed by atoms with E-state index in [-0.39, 0.29) is 12.1 Å². The van der Waals surface area contributed by atoms with Crippen LogP contribution in [0.25, 0.3) is 21.3 Å². The van der Waals surface area contributed by atoms with Gasteiger partial charge in [-0.15, -0.1) is 11.3 Å². The number of hydrogen-bond acceptors (Lipinski definition) is 5. The number of carbonyl (C=O) groups excluding carboxylic acids is 1. The molecule has 2 aromatic heterocycles.